The Kier molecular flexibility index (Phi) is 6.82. The molecule has 7 nitrogen and oxygen atoms in total. The van der Waals surface area contributed by atoms with Crippen LogP contribution >= 0.6 is 0 Å². The lowest BCUT2D eigenvalue weighted by Gasteiger charge is -2.43. The average molecular weight is 521 g/mol. The van der Waals surface area contributed by atoms with Gasteiger partial charge in [0.15, 0.2) is 0 Å². The van der Waals surface area contributed by atoms with E-state index in [9.17, 15) is 10.1 Å². The second kappa shape index (κ2) is 10.4. The van der Waals surface area contributed by atoms with Crippen LogP contribution in [0.15, 0.2) is 60.9 Å². The van der Waals surface area contributed by atoms with Crippen molar-refractivity contribution in [1.29, 1.82) is 5.26 Å². The summed E-state index contributed by atoms with van der Waals surface area (Å²) in [6, 6.07) is 14.0. The number of nitrogens with zero attached hydrogens (tertiary/aromatic N) is 6. The molecule has 0 radical (unpaired) electrons. The molecule has 2 aliphatic heterocycles. The molecule has 0 spiro atoms. The summed E-state index contributed by atoms with van der Waals surface area (Å²) in [5, 5.41) is 14.6. The predicted octanol–water partition coefficient (Wildman–Crippen LogP) is 5.43. The van der Waals surface area contributed by atoms with Crippen LogP contribution < -0.4 is 0 Å². The molecule has 39 heavy (non-hydrogen) atoms. The van der Waals surface area contributed by atoms with Gasteiger partial charge in [0.1, 0.15) is 5.69 Å². The van der Waals surface area contributed by atoms with E-state index in [0.717, 1.165) is 54.0 Å². The number of pyridine rings is 1. The number of fused-ring (bicyclic) bond motifs is 1. The molecule has 1 aliphatic carbocycles. The lowest BCUT2D eigenvalue weighted by atomic mass is 9.78. The van der Waals surface area contributed by atoms with Crippen molar-refractivity contribution in [1.82, 2.24) is 24.6 Å². The molecule has 1 amide bonds. The van der Waals surface area contributed by atoms with E-state index < -0.39 is 0 Å². The molecule has 2 aromatic heterocycles. The summed E-state index contributed by atoms with van der Waals surface area (Å²) in [5.41, 5.74) is 5.63. The van der Waals surface area contributed by atoms with Gasteiger partial charge in [-0.1, -0.05) is 24.6 Å². The fraction of sp³-hybridized carbons (Fsp3) is 0.438. The van der Waals surface area contributed by atoms with Gasteiger partial charge in [-0.05, 0) is 81.8 Å². The van der Waals surface area contributed by atoms with Crippen molar-refractivity contribution in [3.63, 3.8) is 0 Å². The minimum atomic E-state index is 0.0880. The van der Waals surface area contributed by atoms with Crippen LogP contribution in [-0.2, 0) is 17.9 Å². The molecular weight excluding hydrogens is 484 g/mol. The monoisotopic (exact) mass is 520 g/mol. The minimum Gasteiger partial charge on any atom is -0.328 e. The molecule has 0 unspecified atom stereocenters. The number of likely N-dealkylation sites (tertiary alicyclic amines) is 1. The summed E-state index contributed by atoms with van der Waals surface area (Å²) in [4.78, 5) is 22.5. The first-order valence-corrected chi connectivity index (χ1v) is 14.2. The van der Waals surface area contributed by atoms with Gasteiger partial charge in [0.25, 0.3) is 0 Å². The molecular formula is C32H36N6O. The predicted molar refractivity (Wildman–Crippen MR) is 151 cm³/mol. The molecule has 200 valence electrons. The maximum atomic E-state index is 13.8. The first-order valence-electron chi connectivity index (χ1n) is 14.2. The molecule has 1 atom stereocenters. The smallest absolute Gasteiger partial charge is 0.246 e. The molecule has 3 aromatic rings. The molecule has 0 N–H and O–H groups in total. The normalized spacial score (nSPS) is 21.1. The molecule has 1 saturated carbocycles. The van der Waals surface area contributed by atoms with Crippen LogP contribution in [0, 0.1) is 17.2 Å². The van der Waals surface area contributed by atoms with Crippen molar-refractivity contribution in [2.24, 2.45) is 5.92 Å². The highest BCUT2D eigenvalue weighted by atomic mass is 16.2. The van der Waals surface area contributed by atoms with E-state index in [1.54, 1.807) is 18.5 Å². The lowest BCUT2D eigenvalue weighted by molar-refractivity contribution is -0.132. The van der Waals surface area contributed by atoms with Gasteiger partial charge in [-0.2, -0.15) is 10.4 Å². The van der Waals surface area contributed by atoms with Crippen molar-refractivity contribution in [3.05, 3.63) is 72.2 Å². The summed E-state index contributed by atoms with van der Waals surface area (Å²) in [6.07, 6.45) is 13.4. The molecule has 1 saturated heterocycles. The Bertz CT molecular complexity index is 1430. The fourth-order valence-corrected chi connectivity index (χ4v) is 6.47. The highest BCUT2D eigenvalue weighted by molar-refractivity contribution is 5.89. The molecule has 6 rings (SSSR count). The average Bonchev–Trinajstić information content (AvgIpc) is 3.46. The number of carbonyl (C=O) groups is 1. The van der Waals surface area contributed by atoms with E-state index >= 15 is 0 Å². The van der Waals surface area contributed by atoms with Crippen LogP contribution in [0.2, 0.25) is 0 Å². The van der Waals surface area contributed by atoms with E-state index in [1.807, 2.05) is 36.4 Å². The summed E-state index contributed by atoms with van der Waals surface area (Å²) in [7, 11) is 0. The first kappa shape index (κ1) is 25.5. The van der Waals surface area contributed by atoms with E-state index in [2.05, 4.69) is 45.5 Å². The number of carbonyl (C=O) groups excluding carboxylic acids is 1. The van der Waals surface area contributed by atoms with Crippen LogP contribution in [-0.4, -0.2) is 55.1 Å². The number of aromatic nitrogens is 3. The van der Waals surface area contributed by atoms with Gasteiger partial charge >= 0.3 is 0 Å². The first-order chi connectivity index (χ1) is 18.9. The van der Waals surface area contributed by atoms with Crippen molar-refractivity contribution in [2.45, 2.75) is 70.6 Å². The quantitative estimate of drug-likeness (QED) is 0.405. The SMILES string of the molecule is CC1(C)CCCN1C/C=C/C(=O)N1Cc2c(-c3ccncc3)c(-c3cccc(C#N)c3)nn2C[C@H]1C1CCC1. The second-order valence-electron chi connectivity index (χ2n) is 11.8. The Labute approximate surface area is 230 Å². The standard InChI is InChI=1S/C32H36N6O/c1-32(2)14-6-18-36(32)17-5-11-29(39)37-21-28-30(25-12-15-34-16-13-25)31(26-10-3-7-23(19-26)20-33)35-38(28)22-27(37)24-8-4-9-24/h3,5,7,10-13,15-16,19,24,27H,4,6,8-9,14,17-18,21-22H2,1-2H3/b11-5+/t27-/m0/s1. The Morgan fingerprint density at radius 3 is 2.67 bits per heavy atom. The summed E-state index contributed by atoms with van der Waals surface area (Å²) < 4.78 is 2.12. The third-order valence-corrected chi connectivity index (χ3v) is 9.01. The number of benzene rings is 1. The zero-order valence-electron chi connectivity index (χ0n) is 22.9. The van der Waals surface area contributed by atoms with Gasteiger partial charge in [-0.15, -0.1) is 0 Å². The van der Waals surface area contributed by atoms with Gasteiger partial charge < -0.3 is 4.90 Å². The van der Waals surface area contributed by atoms with E-state index in [0.29, 0.717) is 24.6 Å². The third kappa shape index (κ3) is 4.90. The van der Waals surface area contributed by atoms with E-state index in [1.165, 1.54) is 19.3 Å². The molecule has 3 aliphatic rings. The summed E-state index contributed by atoms with van der Waals surface area (Å²) >= 11 is 0. The van der Waals surface area contributed by atoms with E-state index in [-0.39, 0.29) is 17.5 Å². The van der Waals surface area contributed by atoms with Crippen LogP contribution in [0.25, 0.3) is 22.4 Å². The number of hydrogen-bond acceptors (Lipinski definition) is 5. The van der Waals surface area contributed by atoms with Crippen molar-refractivity contribution in [3.8, 4) is 28.5 Å². The van der Waals surface area contributed by atoms with E-state index in [4.69, 9.17) is 5.10 Å². The van der Waals surface area contributed by atoms with Gasteiger partial charge in [0, 0.05) is 41.7 Å². The Hall–Kier alpha value is -3.76. The third-order valence-electron chi connectivity index (χ3n) is 9.01. The van der Waals surface area contributed by atoms with Gasteiger partial charge in [0.05, 0.1) is 36.5 Å². The fourth-order valence-electron chi connectivity index (χ4n) is 6.47. The second-order valence-corrected chi connectivity index (χ2v) is 11.8. The summed E-state index contributed by atoms with van der Waals surface area (Å²) in [6.45, 7) is 7.68. The van der Waals surface area contributed by atoms with Crippen molar-refractivity contribution in [2.75, 3.05) is 13.1 Å². The topological polar surface area (TPSA) is 78.1 Å². The Balaban J connectivity index is 1.36. The zero-order valence-corrected chi connectivity index (χ0v) is 22.9. The van der Waals surface area contributed by atoms with Crippen LogP contribution in [0.3, 0.4) is 0 Å². The van der Waals surface area contributed by atoms with Crippen molar-refractivity contribution >= 4 is 5.91 Å². The molecule has 4 heterocycles. The van der Waals surface area contributed by atoms with Gasteiger partial charge in [-0.3, -0.25) is 19.4 Å². The largest absolute Gasteiger partial charge is 0.328 e. The summed E-state index contributed by atoms with van der Waals surface area (Å²) in [5.74, 6) is 0.594. The van der Waals surface area contributed by atoms with Gasteiger partial charge in [-0.25, -0.2) is 0 Å². The lowest BCUT2D eigenvalue weighted by Crippen LogP contribution is -2.51. The minimum absolute atomic E-state index is 0.0880. The molecule has 2 fully saturated rings. The van der Waals surface area contributed by atoms with Crippen LogP contribution in [0.1, 0.15) is 57.2 Å². The molecule has 1 aromatic carbocycles. The highest BCUT2D eigenvalue weighted by Gasteiger charge is 2.39. The number of rotatable bonds is 6. The Morgan fingerprint density at radius 1 is 1.15 bits per heavy atom. The zero-order chi connectivity index (χ0) is 27.0. The number of nitriles is 1. The number of hydrogen-bond donors (Lipinski definition) is 0. The maximum absolute atomic E-state index is 13.8. The maximum Gasteiger partial charge on any atom is 0.246 e. The molecule has 7 heteroatoms. The van der Waals surface area contributed by atoms with Crippen molar-refractivity contribution < 1.29 is 4.79 Å². The highest BCUT2D eigenvalue weighted by Crippen LogP contribution is 2.41. The number of amides is 1. The molecule has 0 bridgehead atoms. The van der Waals surface area contributed by atoms with Crippen LogP contribution in [0.5, 0.6) is 0 Å². The van der Waals surface area contributed by atoms with Gasteiger partial charge in [0.2, 0.25) is 5.91 Å². The van der Waals surface area contributed by atoms with Crippen LogP contribution in [0.4, 0.5) is 0 Å². The Morgan fingerprint density at radius 2 is 1.97 bits per heavy atom.